The maximum absolute atomic E-state index is 12.6. The van der Waals surface area contributed by atoms with Crippen LogP contribution in [0.3, 0.4) is 0 Å². The van der Waals surface area contributed by atoms with E-state index in [9.17, 15) is 4.79 Å². The van der Waals surface area contributed by atoms with E-state index in [-0.39, 0.29) is 11.0 Å². The molecule has 2 aromatic heterocycles. The first-order chi connectivity index (χ1) is 16.1. The van der Waals surface area contributed by atoms with E-state index >= 15 is 0 Å². The number of halogens is 1. The third-order valence-electron chi connectivity index (χ3n) is 5.40. The number of thiophene rings is 1. The van der Waals surface area contributed by atoms with E-state index in [1.165, 1.54) is 28.7 Å². The molecule has 0 spiro atoms. The molecule has 0 aliphatic heterocycles. The summed E-state index contributed by atoms with van der Waals surface area (Å²) in [6.45, 7) is 0. The summed E-state index contributed by atoms with van der Waals surface area (Å²) in [7, 11) is 0. The molecule has 5 nitrogen and oxygen atoms in total. The molecule has 0 radical (unpaired) electrons. The molecule has 0 fully saturated rings. The molecule has 0 saturated carbocycles. The number of thiocarbonyl (C=S) groups is 1. The van der Waals surface area contributed by atoms with Crippen molar-refractivity contribution in [2.75, 3.05) is 5.32 Å². The first-order valence-corrected chi connectivity index (χ1v) is 13.3. The van der Waals surface area contributed by atoms with Crippen LogP contribution in [0.25, 0.3) is 10.2 Å². The Labute approximate surface area is 213 Å². The van der Waals surface area contributed by atoms with Crippen LogP contribution in [0.4, 0.5) is 5.69 Å². The second kappa shape index (κ2) is 9.89. The molecule has 1 aliphatic carbocycles. The second-order valence-electron chi connectivity index (χ2n) is 7.56. The van der Waals surface area contributed by atoms with Crippen LogP contribution in [-0.2, 0) is 12.8 Å². The molecule has 1 aliphatic rings. The molecular formula is C24H19BrN4OS3. The molecule has 2 aromatic carbocycles. The van der Waals surface area contributed by atoms with E-state index in [1.807, 2.05) is 42.5 Å². The molecule has 2 N–H and O–H groups in total. The van der Waals surface area contributed by atoms with Crippen LogP contribution < -0.4 is 10.6 Å². The lowest BCUT2D eigenvalue weighted by molar-refractivity contribution is 0.0977. The molecule has 0 saturated heterocycles. The molecule has 9 heteroatoms. The molecule has 1 amide bonds. The molecular weight excluding hydrogens is 536 g/mol. The Morgan fingerprint density at radius 1 is 1.06 bits per heavy atom. The number of carbonyl (C=O) groups is 1. The van der Waals surface area contributed by atoms with Crippen LogP contribution in [0.1, 0.15) is 33.6 Å². The van der Waals surface area contributed by atoms with E-state index in [2.05, 4.69) is 36.5 Å². The highest BCUT2D eigenvalue weighted by Crippen LogP contribution is 2.42. The van der Waals surface area contributed by atoms with Crippen molar-refractivity contribution < 1.29 is 4.79 Å². The number of benzene rings is 2. The Bertz CT molecular complexity index is 1370. The van der Waals surface area contributed by atoms with Gasteiger partial charge in [-0.15, -0.1) is 11.3 Å². The van der Waals surface area contributed by atoms with Crippen molar-refractivity contribution in [2.24, 2.45) is 0 Å². The fraction of sp³-hybridized carbons (Fsp3) is 0.167. The second-order valence-corrected chi connectivity index (χ2v) is 10.9. The van der Waals surface area contributed by atoms with Gasteiger partial charge in [-0.25, -0.2) is 9.97 Å². The van der Waals surface area contributed by atoms with Crippen LogP contribution in [0.2, 0.25) is 0 Å². The summed E-state index contributed by atoms with van der Waals surface area (Å²) < 4.78 is 0.716. The van der Waals surface area contributed by atoms with Gasteiger partial charge in [-0.2, -0.15) is 0 Å². The van der Waals surface area contributed by atoms with E-state index in [1.54, 1.807) is 35.5 Å². The number of amides is 1. The van der Waals surface area contributed by atoms with Crippen LogP contribution in [0, 0.1) is 0 Å². The zero-order valence-electron chi connectivity index (χ0n) is 17.4. The van der Waals surface area contributed by atoms with Crippen molar-refractivity contribution in [2.45, 2.75) is 35.6 Å². The van der Waals surface area contributed by atoms with Gasteiger partial charge < -0.3 is 5.32 Å². The molecule has 4 aromatic rings. The van der Waals surface area contributed by atoms with E-state index in [0.29, 0.717) is 10.0 Å². The molecule has 0 atom stereocenters. The van der Waals surface area contributed by atoms with Gasteiger partial charge in [-0.05, 0) is 83.7 Å². The lowest BCUT2D eigenvalue weighted by Gasteiger charge is -2.14. The highest BCUT2D eigenvalue weighted by molar-refractivity contribution is 9.10. The van der Waals surface area contributed by atoms with Gasteiger partial charge in [-0.1, -0.05) is 36.0 Å². The lowest BCUT2D eigenvalue weighted by atomic mass is 9.97. The van der Waals surface area contributed by atoms with Gasteiger partial charge in [0.2, 0.25) is 0 Å². The van der Waals surface area contributed by atoms with Gasteiger partial charge in [0.25, 0.3) is 5.91 Å². The fourth-order valence-corrected chi connectivity index (χ4v) is 6.84. The van der Waals surface area contributed by atoms with Gasteiger partial charge in [-0.3, -0.25) is 10.1 Å². The highest BCUT2D eigenvalue weighted by atomic mass is 79.9. The average Bonchev–Trinajstić information content (AvgIpc) is 3.20. The molecule has 0 bridgehead atoms. The minimum atomic E-state index is -0.271. The first kappa shape index (κ1) is 22.5. The van der Waals surface area contributed by atoms with Crippen LogP contribution in [0.5, 0.6) is 0 Å². The summed E-state index contributed by atoms with van der Waals surface area (Å²) in [5, 5.41) is 8.32. The highest BCUT2D eigenvalue weighted by Gasteiger charge is 2.21. The monoisotopic (exact) mass is 554 g/mol. The van der Waals surface area contributed by atoms with E-state index in [4.69, 9.17) is 12.2 Å². The van der Waals surface area contributed by atoms with Gasteiger partial charge >= 0.3 is 0 Å². The fourth-order valence-electron chi connectivity index (χ4n) is 3.87. The number of aryl methyl sites for hydroxylation is 2. The van der Waals surface area contributed by atoms with Crippen LogP contribution >= 0.6 is 51.2 Å². The van der Waals surface area contributed by atoms with Crippen molar-refractivity contribution in [3.8, 4) is 0 Å². The Balaban J connectivity index is 1.38. The number of nitrogens with zero attached hydrogens (tertiary/aromatic N) is 2. The Morgan fingerprint density at radius 2 is 1.85 bits per heavy atom. The molecule has 5 rings (SSSR count). The SMILES string of the molecule is O=C(NC(=S)Nc1ccccc1Sc1ncnc2sc3c(c12)CCCC3)c1ccccc1Br. The Morgan fingerprint density at radius 3 is 2.73 bits per heavy atom. The number of aromatic nitrogens is 2. The summed E-state index contributed by atoms with van der Waals surface area (Å²) in [5.41, 5.74) is 2.75. The summed E-state index contributed by atoms with van der Waals surface area (Å²) in [5.74, 6) is -0.271. The maximum atomic E-state index is 12.6. The Kier molecular flexibility index (Phi) is 6.73. The number of hydrogen-bond acceptors (Lipinski definition) is 6. The number of rotatable bonds is 4. The summed E-state index contributed by atoms with van der Waals surface area (Å²) in [6.07, 6.45) is 6.31. The van der Waals surface area contributed by atoms with Gasteiger partial charge in [0.05, 0.1) is 11.3 Å². The van der Waals surface area contributed by atoms with Crippen LogP contribution in [0.15, 0.2) is 69.3 Å². The van der Waals surface area contributed by atoms with Gasteiger partial charge in [0.15, 0.2) is 5.11 Å². The summed E-state index contributed by atoms with van der Waals surface area (Å²) in [4.78, 5) is 25.2. The third-order valence-corrected chi connectivity index (χ3v) is 8.58. The number of nitrogens with one attached hydrogen (secondary N) is 2. The standard InChI is InChI=1S/C24H19BrN4OS3/c25-16-9-3-1-7-14(16)21(30)29-24(31)28-17-10-4-6-12-19(17)33-23-20-15-8-2-5-11-18(15)32-22(20)26-13-27-23/h1,3-4,6-7,9-10,12-13H,2,5,8,11H2,(H2,28,29,30,31). The van der Waals surface area contributed by atoms with Gasteiger partial charge in [0.1, 0.15) is 16.2 Å². The third kappa shape index (κ3) is 4.82. The van der Waals surface area contributed by atoms with E-state index < -0.39 is 0 Å². The number of fused-ring (bicyclic) bond motifs is 3. The lowest BCUT2D eigenvalue weighted by Crippen LogP contribution is -2.34. The molecule has 33 heavy (non-hydrogen) atoms. The maximum Gasteiger partial charge on any atom is 0.258 e. The number of para-hydroxylation sites is 1. The topological polar surface area (TPSA) is 66.9 Å². The largest absolute Gasteiger partial charge is 0.331 e. The minimum Gasteiger partial charge on any atom is -0.331 e. The first-order valence-electron chi connectivity index (χ1n) is 10.5. The van der Waals surface area contributed by atoms with Crippen molar-refractivity contribution in [3.63, 3.8) is 0 Å². The minimum absolute atomic E-state index is 0.240. The average molecular weight is 556 g/mol. The van der Waals surface area contributed by atoms with Crippen molar-refractivity contribution in [1.29, 1.82) is 0 Å². The number of hydrogen-bond donors (Lipinski definition) is 2. The number of carbonyl (C=O) groups excluding carboxylic acids is 1. The summed E-state index contributed by atoms with van der Waals surface area (Å²) in [6, 6.07) is 15.1. The summed E-state index contributed by atoms with van der Waals surface area (Å²) >= 11 is 12.2. The quantitative estimate of drug-likeness (QED) is 0.218. The van der Waals surface area contributed by atoms with E-state index in [0.717, 1.165) is 33.3 Å². The number of anilines is 1. The van der Waals surface area contributed by atoms with Crippen LogP contribution in [-0.4, -0.2) is 21.0 Å². The molecule has 2 heterocycles. The van der Waals surface area contributed by atoms with Gasteiger partial charge in [0, 0.05) is 19.6 Å². The normalized spacial score (nSPS) is 12.9. The zero-order valence-corrected chi connectivity index (χ0v) is 21.5. The van der Waals surface area contributed by atoms with Crippen molar-refractivity contribution in [3.05, 3.63) is 75.3 Å². The molecule has 0 unspecified atom stereocenters. The molecule has 166 valence electrons. The zero-order chi connectivity index (χ0) is 22.8. The predicted molar refractivity (Wildman–Crippen MR) is 142 cm³/mol. The predicted octanol–water partition coefficient (Wildman–Crippen LogP) is 6.61. The van der Waals surface area contributed by atoms with Crippen molar-refractivity contribution >= 4 is 78.2 Å². The smallest absolute Gasteiger partial charge is 0.258 e. The Hall–Kier alpha value is -2.33. The van der Waals surface area contributed by atoms with Crippen molar-refractivity contribution in [1.82, 2.24) is 15.3 Å².